The average Bonchev–Trinajstić information content (AvgIpc) is 3.63. The molecule has 7 rings (SSSR count). The summed E-state index contributed by atoms with van der Waals surface area (Å²) in [6.45, 7) is 2.38. The van der Waals surface area contributed by atoms with Crippen LogP contribution >= 0.6 is 0 Å². The third-order valence-corrected chi connectivity index (χ3v) is 10.7. The van der Waals surface area contributed by atoms with Crippen molar-refractivity contribution in [2.45, 2.75) is 70.3 Å². The SMILES string of the molecule is CC[C@]12CCC3C(C4CC4C4=C/C(=N/O)CC[C@@H]43)C1[C@H]1C[C@H]1[C@@]21CCC(=O)O1. The second-order valence-corrected chi connectivity index (χ2v) is 11.1. The first-order chi connectivity index (χ1) is 13.6. The lowest BCUT2D eigenvalue weighted by Crippen LogP contribution is -2.56. The quantitative estimate of drug-likeness (QED) is 0.411. The molecule has 5 saturated carbocycles. The third kappa shape index (κ3) is 1.68. The molecule has 1 N–H and O–H groups in total. The van der Waals surface area contributed by atoms with Gasteiger partial charge in [0.25, 0.3) is 0 Å². The fourth-order valence-electron chi connectivity index (χ4n) is 9.88. The number of hydrogen-bond donors (Lipinski definition) is 1. The average molecular weight is 382 g/mol. The largest absolute Gasteiger partial charge is 0.458 e. The van der Waals surface area contributed by atoms with Crippen LogP contribution in [0.4, 0.5) is 0 Å². The minimum Gasteiger partial charge on any atom is -0.458 e. The Labute approximate surface area is 166 Å². The highest BCUT2D eigenvalue weighted by atomic mass is 16.6. The molecular formula is C24H31NO3. The highest BCUT2D eigenvalue weighted by molar-refractivity contribution is 5.96. The highest BCUT2D eigenvalue weighted by Gasteiger charge is 2.81. The van der Waals surface area contributed by atoms with Crippen molar-refractivity contribution < 1.29 is 14.7 Å². The molecule has 0 aromatic rings. The van der Waals surface area contributed by atoms with Gasteiger partial charge in [0.15, 0.2) is 0 Å². The Morgan fingerprint density at radius 1 is 1.14 bits per heavy atom. The molecule has 7 aliphatic rings. The molecule has 6 aliphatic carbocycles. The minimum absolute atomic E-state index is 0.0718. The Balaban J connectivity index is 1.31. The van der Waals surface area contributed by atoms with E-state index in [9.17, 15) is 10.0 Å². The number of nitrogens with zero attached hydrogens (tertiary/aromatic N) is 1. The topological polar surface area (TPSA) is 58.9 Å². The van der Waals surface area contributed by atoms with E-state index in [1.807, 2.05) is 0 Å². The van der Waals surface area contributed by atoms with Crippen molar-refractivity contribution in [3.63, 3.8) is 0 Å². The monoisotopic (exact) mass is 381 g/mol. The molecule has 0 amide bonds. The van der Waals surface area contributed by atoms with Crippen LogP contribution in [0.1, 0.15) is 64.7 Å². The van der Waals surface area contributed by atoms with Crippen molar-refractivity contribution >= 4 is 11.7 Å². The maximum Gasteiger partial charge on any atom is 0.306 e. The van der Waals surface area contributed by atoms with Crippen molar-refractivity contribution in [3.05, 3.63) is 11.6 Å². The molecule has 4 nitrogen and oxygen atoms in total. The van der Waals surface area contributed by atoms with E-state index in [-0.39, 0.29) is 17.0 Å². The standard InChI is InChI=1S/C24H31NO3/c1-2-23-7-5-14-13-4-3-12(25-27)9-15(13)16-10-17(16)21(14)22(23)18-11-19(18)24(23)8-6-20(26)28-24/h9,13-14,16-19,21-22,27H,2-8,10-11H2,1H3/b25-12+/t13-,14?,16?,17?,18+,19-,21?,22?,23+,24+/m1/s1. The summed E-state index contributed by atoms with van der Waals surface area (Å²) < 4.78 is 6.30. The zero-order chi connectivity index (χ0) is 18.8. The molecule has 6 fully saturated rings. The molecule has 5 unspecified atom stereocenters. The second kappa shape index (κ2) is 5.05. The lowest BCUT2D eigenvalue weighted by molar-refractivity contribution is -0.179. The number of allylic oxidation sites excluding steroid dienone is 2. The van der Waals surface area contributed by atoms with Gasteiger partial charge in [-0.25, -0.2) is 0 Å². The fourth-order valence-corrected chi connectivity index (χ4v) is 9.88. The molecule has 0 radical (unpaired) electrons. The van der Waals surface area contributed by atoms with Crippen LogP contribution in [0.3, 0.4) is 0 Å². The van der Waals surface area contributed by atoms with Gasteiger partial charge in [-0.05, 0) is 98.9 Å². The van der Waals surface area contributed by atoms with Crippen LogP contribution in [0.15, 0.2) is 16.8 Å². The van der Waals surface area contributed by atoms with Gasteiger partial charge in [-0.2, -0.15) is 0 Å². The molecule has 0 aromatic heterocycles. The summed E-state index contributed by atoms with van der Waals surface area (Å²) in [6.07, 6.45) is 12.4. The maximum atomic E-state index is 12.2. The van der Waals surface area contributed by atoms with Gasteiger partial charge < -0.3 is 9.94 Å². The Morgan fingerprint density at radius 2 is 2.04 bits per heavy atom. The molecule has 28 heavy (non-hydrogen) atoms. The van der Waals surface area contributed by atoms with Gasteiger partial charge in [0, 0.05) is 17.8 Å². The second-order valence-electron chi connectivity index (χ2n) is 11.1. The van der Waals surface area contributed by atoms with E-state index in [2.05, 4.69) is 18.2 Å². The van der Waals surface area contributed by atoms with Crippen LogP contribution in [0.5, 0.6) is 0 Å². The van der Waals surface area contributed by atoms with Crippen molar-refractivity contribution in [2.24, 2.45) is 57.9 Å². The van der Waals surface area contributed by atoms with E-state index in [0.717, 1.165) is 54.1 Å². The number of hydrogen-bond acceptors (Lipinski definition) is 4. The number of rotatable bonds is 1. The molecule has 0 aromatic carbocycles. The van der Waals surface area contributed by atoms with Crippen molar-refractivity contribution in [1.29, 1.82) is 0 Å². The summed E-state index contributed by atoms with van der Waals surface area (Å²) in [5, 5.41) is 12.8. The summed E-state index contributed by atoms with van der Waals surface area (Å²) in [5.74, 6) is 6.31. The molecular weight excluding hydrogens is 350 g/mol. The lowest BCUT2D eigenvalue weighted by Gasteiger charge is -2.58. The Kier molecular flexibility index (Phi) is 2.97. The van der Waals surface area contributed by atoms with E-state index < -0.39 is 0 Å². The zero-order valence-electron chi connectivity index (χ0n) is 16.8. The lowest BCUT2D eigenvalue weighted by atomic mass is 9.47. The van der Waals surface area contributed by atoms with Gasteiger partial charge in [0.1, 0.15) is 5.60 Å². The van der Waals surface area contributed by atoms with Gasteiger partial charge in [0.05, 0.1) is 5.71 Å². The maximum absolute atomic E-state index is 12.2. The van der Waals surface area contributed by atoms with Crippen LogP contribution in [-0.2, 0) is 9.53 Å². The summed E-state index contributed by atoms with van der Waals surface area (Å²) >= 11 is 0. The molecule has 1 aliphatic heterocycles. The number of oxime groups is 1. The van der Waals surface area contributed by atoms with Crippen molar-refractivity contribution in [2.75, 3.05) is 0 Å². The Hall–Kier alpha value is -1.32. The first-order valence-corrected chi connectivity index (χ1v) is 11.8. The predicted octanol–water partition coefficient (Wildman–Crippen LogP) is 4.57. The van der Waals surface area contributed by atoms with Gasteiger partial charge in [-0.1, -0.05) is 17.7 Å². The third-order valence-electron chi connectivity index (χ3n) is 10.7. The van der Waals surface area contributed by atoms with Gasteiger partial charge in [-0.3, -0.25) is 4.79 Å². The molecule has 1 spiro atoms. The van der Waals surface area contributed by atoms with Crippen molar-refractivity contribution in [1.82, 2.24) is 0 Å². The fraction of sp³-hybridized carbons (Fsp3) is 0.833. The summed E-state index contributed by atoms with van der Waals surface area (Å²) in [4.78, 5) is 12.2. The molecule has 150 valence electrons. The van der Waals surface area contributed by atoms with E-state index in [0.29, 0.717) is 18.3 Å². The predicted molar refractivity (Wildman–Crippen MR) is 104 cm³/mol. The van der Waals surface area contributed by atoms with E-state index >= 15 is 0 Å². The van der Waals surface area contributed by atoms with Crippen LogP contribution in [0, 0.1) is 52.8 Å². The number of carbonyl (C=O) groups excluding carboxylic acids is 1. The molecule has 0 bridgehead atoms. The summed E-state index contributed by atoms with van der Waals surface area (Å²) in [7, 11) is 0. The van der Waals surface area contributed by atoms with Crippen molar-refractivity contribution in [3.8, 4) is 0 Å². The number of esters is 1. The first-order valence-electron chi connectivity index (χ1n) is 11.8. The van der Waals surface area contributed by atoms with Crippen LogP contribution in [-0.4, -0.2) is 22.5 Å². The van der Waals surface area contributed by atoms with E-state index in [1.54, 1.807) is 5.57 Å². The molecule has 1 heterocycles. The van der Waals surface area contributed by atoms with Crippen LogP contribution < -0.4 is 0 Å². The van der Waals surface area contributed by atoms with E-state index in [4.69, 9.17) is 4.74 Å². The molecule has 4 heteroatoms. The number of ether oxygens (including phenoxy) is 1. The normalized spacial score (nSPS) is 59.0. The summed E-state index contributed by atoms with van der Waals surface area (Å²) in [5.41, 5.74) is 2.67. The van der Waals surface area contributed by atoms with Gasteiger partial charge >= 0.3 is 5.97 Å². The van der Waals surface area contributed by atoms with Crippen LogP contribution in [0.25, 0.3) is 0 Å². The van der Waals surface area contributed by atoms with Gasteiger partial charge in [-0.15, -0.1) is 0 Å². The molecule has 1 saturated heterocycles. The Bertz CT molecular complexity index is 832. The minimum atomic E-state index is -0.108. The zero-order valence-corrected chi connectivity index (χ0v) is 16.8. The molecule has 10 atom stereocenters. The smallest absolute Gasteiger partial charge is 0.306 e. The van der Waals surface area contributed by atoms with E-state index in [1.165, 1.54) is 38.5 Å². The summed E-state index contributed by atoms with van der Waals surface area (Å²) in [6, 6.07) is 0. The van der Waals surface area contributed by atoms with Gasteiger partial charge in [0.2, 0.25) is 0 Å². The Morgan fingerprint density at radius 3 is 2.79 bits per heavy atom. The van der Waals surface area contributed by atoms with Crippen LogP contribution in [0.2, 0.25) is 0 Å². The highest BCUT2D eigenvalue weighted by Crippen LogP contribution is 2.81. The number of carbonyl (C=O) groups is 1. The first kappa shape index (κ1) is 16.5. The number of fused-ring (bicyclic) bond motifs is 12.